The van der Waals surface area contributed by atoms with Crippen molar-refractivity contribution in [1.29, 1.82) is 0 Å². The summed E-state index contributed by atoms with van der Waals surface area (Å²) in [5.74, 6) is 13.1. The van der Waals surface area contributed by atoms with E-state index >= 15 is 0 Å². The Morgan fingerprint density at radius 1 is 1.28 bits per heavy atom. The Morgan fingerprint density at radius 3 is 2.86 bits per heavy atom. The molecule has 2 N–H and O–H groups in total. The molecule has 1 aliphatic rings. The molecule has 3 heterocycles. The number of nitrogens with zero attached hydrogens (tertiary/aromatic N) is 4. The molecule has 1 atom stereocenters. The van der Waals surface area contributed by atoms with Crippen LogP contribution in [0.5, 0.6) is 0 Å². The Hall–Kier alpha value is -3.39. The van der Waals surface area contributed by atoms with Crippen LogP contribution in [0.2, 0.25) is 0 Å². The highest BCUT2D eigenvalue weighted by molar-refractivity contribution is 5.53. The van der Waals surface area contributed by atoms with Crippen LogP contribution in [0, 0.1) is 29.6 Å². The maximum absolute atomic E-state index is 9.74. The molecular formula is C22H20N4O3. The quantitative estimate of drug-likeness (QED) is 0.665. The molecule has 0 amide bonds. The fourth-order valence-electron chi connectivity index (χ4n) is 3.06. The molecule has 4 rings (SSSR count). The predicted octanol–water partition coefficient (Wildman–Crippen LogP) is 2.16. The van der Waals surface area contributed by atoms with Crippen molar-refractivity contribution < 1.29 is 14.7 Å². The Bertz CT molecular complexity index is 1100. The van der Waals surface area contributed by atoms with Gasteiger partial charge in [-0.1, -0.05) is 17.0 Å². The van der Waals surface area contributed by atoms with Crippen LogP contribution in [0.1, 0.15) is 43.0 Å². The van der Waals surface area contributed by atoms with Gasteiger partial charge in [0.2, 0.25) is 0 Å². The predicted molar refractivity (Wildman–Crippen MR) is 105 cm³/mol. The van der Waals surface area contributed by atoms with E-state index in [9.17, 15) is 10.2 Å². The summed E-state index contributed by atoms with van der Waals surface area (Å²) in [4.78, 5) is 8.53. The van der Waals surface area contributed by atoms with Gasteiger partial charge in [-0.2, -0.15) is 0 Å². The number of aliphatic hydroxyl groups excluding tert-OH is 2. The number of hydrogen-bond donors (Lipinski definition) is 2. The summed E-state index contributed by atoms with van der Waals surface area (Å²) in [5.41, 5.74) is 2.13. The van der Waals surface area contributed by atoms with Crippen molar-refractivity contribution in [2.24, 2.45) is 5.92 Å². The highest BCUT2D eigenvalue weighted by Crippen LogP contribution is 2.25. The van der Waals surface area contributed by atoms with Gasteiger partial charge in [0, 0.05) is 36.1 Å². The van der Waals surface area contributed by atoms with Gasteiger partial charge in [0.1, 0.15) is 23.3 Å². The third-order valence-electron chi connectivity index (χ3n) is 4.69. The summed E-state index contributed by atoms with van der Waals surface area (Å²) < 4.78 is 7.23. The normalized spacial score (nSPS) is 18.7. The van der Waals surface area contributed by atoms with E-state index in [4.69, 9.17) is 4.52 Å². The maximum atomic E-state index is 9.74. The van der Waals surface area contributed by atoms with E-state index in [-0.39, 0.29) is 12.0 Å². The molecule has 0 bridgehead atoms. The molecule has 0 saturated heterocycles. The number of hydrogen-bond acceptors (Lipinski definition) is 6. The lowest BCUT2D eigenvalue weighted by atomic mass is 9.83. The van der Waals surface area contributed by atoms with Crippen molar-refractivity contribution in [3.05, 3.63) is 53.9 Å². The van der Waals surface area contributed by atoms with Gasteiger partial charge in [0.15, 0.2) is 5.76 Å². The number of imidazole rings is 1. The maximum Gasteiger partial charge on any atom is 0.185 e. The second-order valence-electron chi connectivity index (χ2n) is 7.05. The first kappa shape index (κ1) is 18.9. The lowest BCUT2D eigenvalue weighted by molar-refractivity contribution is 0.0666. The second-order valence-corrected chi connectivity index (χ2v) is 7.05. The van der Waals surface area contributed by atoms with Crippen LogP contribution < -0.4 is 0 Å². The Morgan fingerprint density at radius 2 is 2.14 bits per heavy atom. The molecule has 0 aromatic carbocycles. The van der Waals surface area contributed by atoms with Gasteiger partial charge < -0.3 is 19.3 Å². The number of pyridine rings is 1. The summed E-state index contributed by atoms with van der Waals surface area (Å²) in [6, 6.07) is 5.49. The zero-order valence-electron chi connectivity index (χ0n) is 15.9. The highest BCUT2D eigenvalue weighted by Gasteiger charge is 2.24. The lowest BCUT2D eigenvalue weighted by Crippen LogP contribution is -2.26. The van der Waals surface area contributed by atoms with Crippen LogP contribution in [0.15, 0.2) is 41.3 Å². The summed E-state index contributed by atoms with van der Waals surface area (Å²) in [6.07, 6.45) is 5.73. The molecule has 3 aromatic rings. The summed E-state index contributed by atoms with van der Waals surface area (Å²) in [5, 5.41) is 23.1. The van der Waals surface area contributed by atoms with Gasteiger partial charge in [-0.3, -0.25) is 4.98 Å². The van der Waals surface area contributed by atoms with E-state index in [0.29, 0.717) is 29.5 Å². The highest BCUT2D eigenvalue weighted by atomic mass is 16.5. The fourth-order valence-corrected chi connectivity index (χ4v) is 3.06. The first-order valence-electron chi connectivity index (χ1n) is 9.39. The first-order valence-corrected chi connectivity index (χ1v) is 9.39. The minimum atomic E-state index is -0.656. The van der Waals surface area contributed by atoms with Gasteiger partial charge in [-0.15, -0.1) is 0 Å². The Balaban J connectivity index is 1.40. The third kappa shape index (κ3) is 4.55. The molecule has 3 aromatic heterocycles. The lowest BCUT2D eigenvalue weighted by Gasteiger charge is -2.26. The average molecular weight is 388 g/mol. The largest absolute Gasteiger partial charge is 0.393 e. The Kier molecular flexibility index (Phi) is 5.44. The molecule has 7 nitrogen and oxygen atoms in total. The SMILES string of the molecule is C[C@H](O)c1nccn1Cc1cc(-c2ccc(C#CC#CC3CC(O)C3)cn2)on1. The van der Waals surface area contributed by atoms with E-state index in [1.165, 1.54) is 0 Å². The summed E-state index contributed by atoms with van der Waals surface area (Å²) >= 11 is 0. The van der Waals surface area contributed by atoms with Crippen LogP contribution >= 0.6 is 0 Å². The third-order valence-corrected chi connectivity index (χ3v) is 4.69. The first-order chi connectivity index (χ1) is 14.1. The van der Waals surface area contributed by atoms with Crippen molar-refractivity contribution in [3.63, 3.8) is 0 Å². The summed E-state index contributed by atoms with van der Waals surface area (Å²) in [7, 11) is 0. The van der Waals surface area contributed by atoms with Crippen molar-refractivity contribution in [2.75, 3.05) is 0 Å². The van der Waals surface area contributed by atoms with Crippen LogP contribution in [0.4, 0.5) is 0 Å². The zero-order valence-corrected chi connectivity index (χ0v) is 15.9. The van der Waals surface area contributed by atoms with Crippen LogP contribution in [-0.2, 0) is 6.54 Å². The van der Waals surface area contributed by atoms with Crippen LogP contribution in [0.25, 0.3) is 11.5 Å². The molecule has 0 radical (unpaired) electrons. The Labute approximate surface area is 168 Å². The summed E-state index contributed by atoms with van der Waals surface area (Å²) in [6.45, 7) is 2.12. The second kappa shape index (κ2) is 8.32. The number of aromatic nitrogens is 4. The standard InChI is InChI=1S/C22H20N4O3/c1-15(27)22-23-8-9-26(22)14-18-12-21(29-25-18)20-7-6-16(13-24-20)4-2-3-5-17-10-19(28)11-17/h6-9,12-13,15,17,19,27-28H,10-11,14H2,1H3/t15-,17?,19?/m0/s1. The minimum Gasteiger partial charge on any atom is -0.393 e. The number of aliphatic hydroxyl groups is 2. The van der Waals surface area contributed by atoms with E-state index in [1.807, 2.05) is 22.8 Å². The van der Waals surface area contributed by atoms with Gasteiger partial charge >= 0.3 is 0 Å². The van der Waals surface area contributed by atoms with Crippen LogP contribution in [-0.4, -0.2) is 36.0 Å². The van der Waals surface area contributed by atoms with E-state index < -0.39 is 6.10 Å². The molecule has 1 aliphatic carbocycles. The minimum absolute atomic E-state index is 0.198. The molecule has 1 saturated carbocycles. The van der Waals surface area contributed by atoms with Gasteiger partial charge in [0.25, 0.3) is 0 Å². The van der Waals surface area contributed by atoms with Crippen molar-refractivity contribution >= 4 is 0 Å². The molecule has 146 valence electrons. The van der Waals surface area contributed by atoms with Gasteiger partial charge in [-0.25, -0.2) is 4.98 Å². The van der Waals surface area contributed by atoms with Crippen molar-refractivity contribution in [1.82, 2.24) is 19.7 Å². The van der Waals surface area contributed by atoms with E-state index in [0.717, 1.165) is 18.4 Å². The van der Waals surface area contributed by atoms with Crippen molar-refractivity contribution in [2.45, 2.75) is 38.5 Å². The molecular weight excluding hydrogens is 368 g/mol. The topological polar surface area (TPSA) is 97.2 Å². The molecule has 7 heteroatoms. The molecule has 0 aliphatic heterocycles. The smallest absolute Gasteiger partial charge is 0.185 e. The van der Waals surface area contributed by atoms with Gasteiger partial charge in [0.05, 0.1) is 12.6 Å². The van der Waals surface area contributed by atoms with Crippen LogP contribution in [0.3, 0.4) is 0 Å². The fraction of sp³-hybridized carbons (Fsp3) is 0.318. The number of rotatable bonds is 4. The molecule has 0 unspecified atom stereocenters. The van der Waals surface area contributed by atoms with Gasteiger partial charge in [-0.05, 0) is 43.7 Å². The van der Waals surface area contributed by atoms with E-state index in [2.05, 4.69) is 38.8 Å². The monoisotopic (exact) mass is 388 g/mol. The molecule has 29 heavy (non-hydrogen) atoms. The average Bonchev–Trinajstić information content (AvgIpc) is 3.34. The molecule has 0 spiro atoms. The van der Waals surface area contributed by atoms with E-state index in [1.54, 1.807) is 25.5 Å². The molecule has 1 fully saturated rings. The zero-order chi connectivity index (χ0) is 20.2. The van der Waals surface area contributed by atoms with Crippen molar-refractivity contribution in [3.8, 4) is 35.1 Å².